The molecule has 1 aromatic carbocycles. The molecule has 5 heteroatoms. The summed E-state index contributed by atoms with van der Waals surface area (Å²) in [5.74, 6) is 0.793. The van der Waals surface area contributed by atoms with Crippen LogP contribution in [-0.2, 0) is 9.53 Å². The molecule has 0 aliphatic carbocycles. The van der Waals surface area contributed by atoms with Gasteiger partial charge in [0, 0.05) is 6.54 Å². The van der Waals surface area contributed by atoms with Gasteiger partial charge >= 0.3 is 0 Å². The maximum atomic E-state index is 12.8. The molecule has 0 bridgehead atoms. The van der Waals surface area contributed by atoms with Crippen LogP contribution in [0.15, 0.2) is 18.2 Å². The van der Waals surface area contributed by atoms with E-state index >= 15 is 0 Å². The third kappa shape index (κ3) is 2.76. The summed E-state index contributed by atoms with van der Waals surface area (Å²) in [6.45, 7) is 5.02. The molecule has 1 aromatic rings. The molecule has 1 unspecified atom stereocenters. The topological polar surface area (TPSA) is 64.8 Å². The number of carbonyl (C=O) groups is 1. The Bertz CT molecular complexity index is 546. The average Bonchev–Trinajstić information content (AvgIpc) is 2.94. The van der Waals surface area contributed by atoms with Gasteiger partial charge in [0.1, 0.15) is 18.0 Å². The van der Waals surface area contributed by atoms with Crippen molar-refractivity contribution in [1.29, 1.82) is 0 Å². The van der Waals surface area contributed by atoms with Crippen LogP contribution in [-0.4, -0.2) is 37.3 Å². The van der Waals surface area contributed by atoms with Gasteiger partial charge < -0.3 is 20.1 Å². The maximum absolute atomic E-state index is 12.8. The number of hydrogen-bond donors (Lipinski definition) is 1. The number of ether oxygens (including phenoxy) is 2. The number of hydrogen-bond acceptors (Lipinski definition) is 4. The Labute approximate surface area is 125 Å². The van der Waals surface area contributed by atoms with Gasteiger partial charge in [0.05, 0.1) is 18.3 Å². The zero-order valence-corrected chi connectivity index (χ0v) is 12.5. The first-order valence-corrected chi connectivity index (χ1v) is 7.52. The first-order valence-electron chi connectivity index (χ1n) is 7.52. The summed E-state index contributed by atoms with van der Waals surface area (Å²) in [6, 6.07) is 5.92. The van der Waals surface area contributed by atoms with Crippen molar-refractivity contribution >= 4 is 11.6 Å². The molecule has 0 aromatic heterocycles. The number of anilines is 1. The summed E-state index contributed by atoms with van der Waals surface area (Å²) in [5.41, 5.74) is 7.58. The molecule has 0 saturated carbocycles. The van der Waals surface area contributed by atoms with Crippen molar-refractivity contribution in [1.82, 2.24) is 0 Å². The predicted octanol–water partition coefficient (Wildman–Crippen LogP) is 1.62. The van der Waals surface area contributed by atoms with Crippen LogP contribution >= 0.6 is 0 Å². The lowest BCUT2D eigenvalue weighted by atomic mass is 10.1. The molecule has 2 aliphatic rings. The van der Waals surface area contributed by atoms with Crippen molar-refractivity contribution in [2.45, 2.75) is 45.0 Å². The fourth-order valence-electron chi connectivity index (χ4n) is 2.99. The molecule has 0 spiro atoms. The van der Waals surface area contributed by atoms with Crippen LogP contribution in [0.2, 0.25) is 0 Å². The molecule has 3 rings (SSSR count). The van der Waals surface area contributed by atoms with Crippen LogP contribution in [0.25, 0.3) is 0 Å². The number of nitrogens with zero attached hydrogens (tertiary/aromatic N) is 1. The summed E-state index contributed by atoms with van der Waals surface area (Å²) in [6.07, 6.45) is 1.21. The van der Waals surface area contributed by atoms with E-state index in [9.17, 15) is 4.79 Å². The van der Waals surface area contributed by atoms with Gasteiger partial charge in [0.25, 0.3) is 5.91 Å². The van der Waals surface area contributed by atoms with Crippen LogP contribution in [0.3, 0.4) is 0 Å². The van der Waals surface area contributed by atoms with Gasteiger partial charge in [-0.3, -0.25) is 4.79 Å². The molecule has 2 aliphatic heterocycles. The number of rotatable bonds is 2. The fraction of sp³-hybridized carbons (Fsp3) is 0.562. The Hall–Kier alpha value is -1.59. The van der Waals surface area contributed by atoms with E-state index in [-0.39, 0.29) is 24.2 Å². The largest absolute Gasteiger partial charge is 0.487 e. The normalized spacial score (nSPS) is 28.1. The molecule has 21 heavy (non-hydrogen) atoms. The summed E-state index contributed by atoms with van der Waals surface area (Å²) >= 11 is 0. The second-order valence-electron chi connectivity index (χ2n) is 5.91. The minimum Gasteiger partial charge on any atom is -0.487 e. The second kappa shape index (κ2) is 5.66. The molecule has 114 valence electrons. The van der Waals surface area contributed by atoms with Gasteiger partial charge in [-0.15, -0.1) is 0 Å². The lowest BCUT2D eigenvalue weighted by Crippen LogP contribution is -2.47. The number of benzene rings is 1. The van der Waals surface area contributed by atoms with E-state index in [0.29, 0.717) is 13.1 Å². The molecular weight excluding hydrogens is 268 g/mol. The first kappa shape index (κ1) is 14.4. The molecule has 1 saturated heterocycles. The monoisotopic (exact) mass is 290 g/mol. The number of amides is 1. The highest BCUT2D eigenvalue weighted by Crippen LogP contribution is 2.35. The summed E-state index contributed by atoms with van der Waals surface area (Å²) in [7, 11) is 0. The Morgan fingerprint density at radius 3 is 2.95 bits per heavy atom. The van der Waals surface area contributed by atoms with E-state index in [1.54, 1.807) is 4.90 Å². The molecule has 3 atom stereocenters. The first-order chi connectivity index (χ1) is 10.1. The third-order valence-corrected chi connectivity index (χ3v) is 4.09. The van der Waals surface area contributed by atoms with Gasteiger partial charge in [-0.25, -0.2) is 0 Å². The van der Waals surface area contributed by atoms with E-state index in [1.165, 1.54) is 0 Å². The minimum atomic E-state index is -0.377. The van der Waals surface area contributed by atoms with Gasteiger partial charge in [-0.2, -0.15) is 0 Å². The third-order valence-electron chi connectivity index (χ3n) is 4.09. The van der Waals surface area contributed by atoms with Crippen molar-refractivity contribution in [2.24, 2.45) is 5.73 Å². The smallest absolute Gasteiger partial charge is 0.256 e. The Morgan fingerprint density at radius 2 is 2.24 bits per heavy atom. The second-order valence-corrected chi connectivity index (χ2v) is 5.91. The maximum Gasteiger partial charge on any atom is 0.256 e. The average molecular weight is 290 g/mol. The highest BCUT2D eigenvalue weighted by atomic mass is 16.5. The van der Waals surface area contributed by atoms with Crippen molar-refractivity contribution in [3.63, 3.8) is 0 Å². The molecule has 5 nitrogen and oxygen atoms in total. The van der Waals surface area contributed by atoms with E-state index < -0.39 is 0 Å². The van der Waals surface area contributed by atoms with Crippen LogP contribution in [0.5, 0.6) is 5.75 Å². The van der Waals surface area contributed by atoms with E-state index in [0.717, 1.165) is 29.8 Å². The SMILES string of the molecule is Cc1ccc2c(c1)OC(C)CN2C(=O)[C@@H]1CC[C@H](CN)O1. The van der Waals surface area contributed by atoms with Crippen LogP contribution in [0, 0.1) is 6.92 Å². The van der Waals surface area contributed by atoms with E-state index in [2.05, 4.69) is 0 Å². The summed E-state index contributed by atoms with van der Waals surface area (Å²) < 4.78 is 11.6. The number of aryl methyl sites for hydroxylation is 1. The van der Waals surface area contributed by atoms with Crippen LogP contribution < -0.4 is 15.4 Å². The van der Waals surface area contributed by atoms with Crippen molar-refractivity contribution in [3.05, 3.63) is 23.8 Å². The summed E-state index contributed by atoms with van der Waals surface area (Å²) in [5, 5.41) is 0. The van der Waals surface area contributed by atoms with Gasteiger partial charge in [-0.1, -0.05) is 6.07 Å². The highest BCUT2D eigenvalue weighted by Gasteiger charge is 2.36. The summed E-state index contributed by atoms with van der Waals surface area (Å²) in [4.78, 5) is 14.6. The number of carbonyl (C=O) groups excluding carboxylic acids is 1. The molecule has 1 amide bonds. The molecule has 2 N–H and O–H groups in total. The highest BCUT2D eigenvalue weighted by molar-refractivity contribution is 5.98. The Kier molecular flexibility index (Phi) is 3.87. The lowest BCUT2D eigenvalue weighted by Gasteiger charge is -2.35. The standard InChI is InChI=1S/C16H22N2O3/c1-10-3-5-13-15(7-10)20-11(2)9-18(13)16(19)14-6-4-12(8-17)21-14/h3,5,7,11-12,14H,4,6,8-9,17H2,1-2H3/t11?,12-,14+/m1/s1. The van der Waals surface area contributed by atoms with Crippen molar-refractivity contribution in [3.8, 4) is 5.75 Å². The molecule has 0 radical (unpaired) electrons. The minimum absolute atomic E-state index is 0.00917. The van der Waals surface area contributed by atoms with Crippen molar-refractivity contribution < 1.29 is 14.3 Å². The van der Waals surface area contributed by atoms with Gasteiger partial charge in [-0.05, 0) is 44.4 Å². The Morgan fingerprint density at radius 1 is 1.43 bits per heavy atom. The Balaban J connectivity index is 1.84. The van der Waals surface area contributed by atoms with Crippen molar-refractivity contribution in [2.75, 3.05) is 18.0 Å². The van der Waals surface area contributed by atoms with Gasteiger partial charge in [0.2, 0.25) is 0 Å². The molecule has 2 heterocycles. The number of fused-ring (bicyclic) bond motifs is 1. The molecular formula is C16H22N2O3. The van der Waals surface area contributed by atoms with Crippen LogP contribution in [0.1, 0.15) is 25.3 Å². The van der Waals surface area contributed by atoms with E-state index in [1.807, 2.05) is 32.0 Å². The van der Waals surface area contributed by atoms with Gasteiger partial charge in [0.15, 0.2) is 0 Å². The fourth-order valence-corrected chi connectivity index (χ4v) is 2.99. The van der Waals surface area contributed by atoms with Crippen LogP contribution in [0.4, 0.5) is 5.69 Å². The quantitative estimate of drug-likeness (QED) is 0.899. The lowest BCUT2D eigenvalue weighted by molar-refractivity contribution is -0.129. The van der Waals surface area contributed by atoms with E-state index in [4.69, 9.17) is 15.2 Å². The number of nitrogens with two attached hydrogens (primary N) is 1. The molecule has 1 fully saturated rings. The zero-order chi connectivity index (χ0) is 15.0. The zero-order valence-electron chi connectivity index (χ0n) is 12.5. The predicted molar refractivity (Wildman–Crippen MR) is 80.6 cm³/mol.